The topological polar surface area (TPSA) is 26.3 Å². The fourth-order valence-electron chi connectivity index (χ4n) is 1.13. The Balaban J connectivity index is 2.87. The van der Waals surface area contributed by atoms with Crippen molar-refractivity contribution in [1.29, 1.82) is 0 Å². The minimum atomic E-state index is 0.631. The highest BCUT2D eigenvalue weighted by atomic mass is 16.5. The van der Waals surface area contributed by atoms with Crippen LogP contribution in [0.15, 0.2) is 0 Å². The molecular formula is C11H22O2. The highest BCUT2D eigenvalue weighted by molar-refractivity contribution is 5.48. The molecule has 0 saturated carbocycles. The smallest absolute Gasteiger partial charge is 0.120 e. The van der Waals surface area contributed by atoms with Crippen LogP contribution in [0.4, 0.5) is 0 Å². The highest BCUT2D eigenvalue weighted by Crippen LogP contribution is 2.05. The van der Waals surface area contributed by atoms with Crippen LogP contribution in [0.1, 0.15) is 46.0 Å². The maximum absolute atomic E-state index is 9.96. The molecule has 0 N–H and O–H groups in total. The number of rotatable bonds is 9. The number of unbranched alkanes of at least 4 members (excludes halogenated alkanes) is 2. The van der Waals surface area contributed by atoms with Crippen molar-refractivity contribution >= 4 is 6.29 Å². The molecule has 0 fully saturated rings. The maximum atomic E-state index is 9.96. The Labute approximate surface area is 81.7 Å². The number of carbonyl (C=O) groups excluding carboxylic acids is 1. The Morgan fingerprint density at radius 3 is 2.46 bits per heavy atom. The third kappa shape index (κ3) is 11.6. The van der Waals surface area contributed by atoms with Crippen molar-refractivity contribution in [3.63, 3.8) is 0 Å². The summed E-state index contributed by atoms with van der Waals surface area (Å²) in [6.07, 6.45) is 6.14. The monoisotopic (exact) mass is 186 g/mol. The first-order valence-corrected chi connectivity index (χ1v) is 5.28. The Bertz CT molecular complexity index is 111. The van der Waals surface area contributed by atoms with Gasteiger partial charge in [0.2, 0.25) is 0 Å². The maximum Gasteiger partial charge on any atom is 0.120 e. The van der Waals surface area contributed by atoms with Gasteiger partial charge in [0, 0.05) is 19.6 Å². The molecule has 2 nitrogen and oxygen atoms in total. The molecule has 0 atom stereocenters. The second-order valence-electron chi connectivity index (χ2n) is 3.81. The largest absolute Gasteiger partial charge is 0.381 e. The summed E-state index contributed by atoms with van der Waals surface area (Å²) in [6.45, 7) is 6.07. The molecule has 0 amide bonds. The van der Waals surface area contributed by atoms with Crippen molar-refractivity contribution in [2.45, 2.75) is 46.0 Å². The van der Waals surface area contributed by atoms with Gasteiger partial charge in [-0.1, -0.05) is 26.7 Å². The average Bonchev–Trinajstić information content (AvgIpc) is 2.09. The predicted octanol–water partition coefficient (Wildman–Crippen LogP) is 2.81. The van der Waals surface area contributed by atoms with Gasteiger partial charge in [0.25, 0.3) is 0 Å². The van der Waals surface area contributed by atoms with Crippen LogP contribution in [0.2, 0.25) is 0 Å². The van der Waals surface area contributed by atoms with Crippen LogP contribution in [0.3, 0.4) is 0 Å². The molecule has 0 radical (unpaired) electrons. The molecular weight excluding hydrogens is 164 g/mol. The van der Waals surface area contributed by atoms with E-state index in [0.29, 0.717) is 6.42 Å². The molecule has 13 heavy (non-hydrogen) atoms. The Hall–Kier alpha value is -0.370. The number of ether oxygens (including phenoxy) is 1. The normalized spacial score (nSPS) is 10.7. The van der Waals surface area contributed by atoms with Gasteiger partial charge in [0.1, 0.15) is 6.29 Å². The van der Waals surface area contributed by atoms with Crippen LogP contribution in [0.25, 0.3) is 0 Å². The van der Waals surface area contributed by atoms with Gasteiger partial charge >= 0.3 is 0 Å². The van der Waals surface area contributed by atoms with E-state index in [1.807, 2.05) is 0 Å². The van der Waals surface area contributed by atoms with Crippen LogP contribution in [0, 0.1) is 5.92 Å². The molecule has 2 heteroatoms. The van der Waals surface area contributed by atoms with Gasteiger partial charge in [-0.25, -0.2) is 0 Å². The molecule has 0 aliphatic heterocycles. The number of aldehydes is 1. The zero-order valence-corrected chi connectivity index (χ0v) is 8.92. The van der Waals surface area contributed by atoms with Gasteiger partial charge in [0.05, 0.1) is 0 Å². The molecule has 0 aliphatic carbocycles. The van der Waals surface area contributed by atoms with Crippen LogP contribution in [0.5, 0.6) is 0 Å². The Morgan fingerprint density at radius 2 is 1.85 bits per heavy atom. The van der Waals surface area contributed by atoms with Gasteiger partial charge in [-0.2, -0.15) is 0 Å². The molecule has 0 spiro atoms. The summed E-state index contributed by atoms with van der Waals surface area (Å²) in [5.41, 5.74) is 0. The lowest BCUT2D eigenvalue weighted by Gasteiger charge is -2.04. The first-order chi connectivity index (χ1) is 6.27. The van der Waals surface area contributed by atoms with Crippen LogP contribution < -0.4 is 0 Å². The lowest BCUT2D eigenvalue weighted by molar-refractivity contribution is -0.108. The zero-order chi connectivity index (χ0) is 9.94. The van der Waals surface area contributed by atoms with E-state index in [9.17, 15) is 4.79 Å². The van der Waals surface area contributed by atoms with Crippen molar-refractivity contribution < 1.29 is 9.53 Å². The van der Waals surface area contributed by atoms with Crippen molar-refractivity contribution in [2.24, 2.45) is 5.92 Å². The molecule has 0 heterocycles. The molecule has 0 aliphatic rings. The summed E-state index contributed by atoms with van der Waals surface area (Å²) in [7, 11) is 0. The summed E-state index contributed by atoms with van der Waals surface area (Å²) in [5.74, 6) is 0.801. The minimum Gasteiger partial charge on any atom is -0.381 e. The standard InChI is InChI=1S/C11H22O2/c1-11(2)7-3-5-9-13-10-6-4-8-12/h8,11H,3-7,9-10H2,1-2H3. The molecule has 0 rings (SSSR count). The molecule has 0 aromatic carbocycles. The van der Waals surface area contributed by atoms with Crippen molar-refractivity contribution in [1.82, 2.24) is 0 Å². The second kappa shape index (κ2) is 9.72. The van der Waals surface area contributed by atoms with E-state index < -0.39 is 0 Å². The lowest BCUT2D eigenvalue weighted by atomic mass is 10.1. The molecule has 0 unspecified atom stereocenters. The van der Waals surface area contributed by atoms with E-state index in [0.717, 1.165) is 38.3 Å². The van der Waals surface area contributed by atoms with Crippen LogP contribution in [-0.4, -0.2) is 19.5 Å². The van der Waals surface area contributed by atoms with Gasteiger partial charge in [-0.15, -0.1) is 0 Å². The third-order valence-corrected chi connectivity index (χ3v) is 1.93. The highest BCUT2D eigenvalue weighted by Gasteiger charge is 1.94. The van der Waals surface area contributed by atoms with E-state index in [4.69, 9.17) is 4.74 Å². The molecule has 0 aromatic rings. The summed E-state index contributed by atoms with van der Waals surface area (Å²) in [4.78, 5) is 9.96. The van der Waals surface area contributed by atoms with E-state index in [1.165, 1.54) is 12.8 Å². The molecule has 0 aromatic heterocycles. The fraction of sp³-hybridized carbons (Fsp3) is 0.909. The minimum absolute atomic E-state index is 0.631. The van der Waals surface area contributed by atoms with Gasteiger partial charge in [-0.05, 0) is 18.8 Å². The summed E-state index contributed by atoms with van der Waals surface area (Å²) < 4.78 is 5.36. The second-order valence-corrected chi connectivity index (χ2v) is 3.81. The first kappa shape index (κ1) is 12.6. The molecule has 0 saturated heterocycles. The summed E-state index contributed by atoms with van der Waals surface area (Å²) in [6, 6.07) is 0. The number of carbonyl (C=O) groups is 1. The summed E-state index contributed by atoms with van der Waals surface area (Å²) in [5, 5.41) is 0. The lowest BCUT2D eigenvalue weighted by Crippen LogP contribution is -1.98. The van der Waals surface area contributed by atoms with Crippen molar-refractivity contribution in [3.8, 4) is 0 Å². The van der Waals surface area contributed by atoms with Crippen LogP contribution >= 0.6 is 0 Å². The van der Waals surface area contributed by atoms with Crippen molar-refractivity contribution in [3.05, 3.63) is 0 Å². The van der Waals surface area contributed by atoms with E-state index in [-0.39, 0.29) is 0 Å². The first-order valence-electron chi connectivity index (χ1n) is 5.28. The van der Waals surface area contributed by atoms with Gasteiger partial charge in [0.15, 0.2) is 0 Å². The van der Waals surface area contributed by atoms with Crippen LogP contribution in [-0.2, 0) is 9.53 Å². The quantitative estimate of drug-likeness (QED) is 0.409. The molecule has 78 valence electrons. The van der Waals surface area contributed by atoms with Gasteiger partial charge in [-0.3, -0.25) is 0 Å². The van der Waals surface area contributed by atoms with E-state index >= 15 is 0 Å². The Kier molecular flexibility index (Phi) is 9.44. The predicted molar refractivity (Wildman–Crippen MR) is 54.8 cm³/mol. The molecule has 0 bridgehead atoms. The number of hydrogen-bond donors (Lipinski definition) is 0. The van der Waals surface area contributed by atoms with Crippen molar-refractivity contribution in [2.75, 3.05) is 13.2 Å². The van der Waals surface area contributed by atoms with E-state index in [2.05, 4.69) is 13.8 Å². The Morgan fingerprint density at radius 1 is 1.15 bits per heavy atom. The van der Waals surface area contributed by atoms with E-state index in [1.54, 1.807) is 0 Å². The third-order valence-electron chi connectivity index (χ3n) is 1.93. The summed E-state index contributed by atoms with van der Waals surface area (Å²) >= 11 is 0. The number of hydrogen-bond acceptors (Lipinski definition) is 2. The zero-order valence-electron chi connectivity index (χ0n) is 8.92. The fourth-order valence-corrected chi connectivity index (χ4v) is 1.13. The average molecular weight is 186 g/mol. The van der Waals surface area contributed by atoms with Gasteiger partial charge < -0.3 is 9.53 Å². The SMILES string of the molecule is CC(C)CCCCOCCCC=O.